The van der Waals surface area contributed by atoms with Crippen molar-refractivity contribution in [1.29, 1.82) is 0 Å². The molecular weight excluding hydrogens is 372 g/mol. The van der Waals surface area contributed by atoms with Gasteiger partial charge in [-0.2, -0.15) is 4.31 Å². The van der Waals surface area contributed by atoms with Crippen molar-refractivity contribution >= 4 is 15.9 Å². The number of sulfonamides is 1. The monoisotopic (exact) mass is 404 g/mol. The van der Waals surface area contributed by atoms with Crippen molar-refractivity contribution in [2.75, 3.05) is 26.2 Å². The largest absolute Gasteiger partial charge is 0.338 e. The summed E-state index contributed by atoms with van der Waals surface area (Å²) in [6.45, 7) is 4.59. The van der Waals surface area contributed by atoms with E-state index >= 15 is 0 Å². The average Bonchev–Trinajstić information content (AvgIpc) is 2.73. The van der Waals surface area contributed by atoms with Crippen molar-refractivity contribution in [2.45, 2.75) is 63.2 Å². The van der Waals surface area contributed by atoms with Gasteiger partial charge in [0.1, 0.15) is 0 Å². The van der Waals surface area contributed by atoms with Crippen molar-refractivity contribution < 1.29 is 13.2 Å². The van der Waals surface area contributed by atoms with Gasteiger partial charge in [-0.25, -0.2) is 8.42 Å². The molecule has 0 unspecified atom stereocenters. The average molecular weight is 405 g/mol. The third kappa shape index (κ3) is 3.86. The van der Waals surface area contributed by atoms with Gasteiger partial charge in [-0.05, 0) is 62.1 Å². The molecule has 2 aliphatic heterocycles. The summed E-state index contributed by atoms with van der Waals surface area (Å²) in [6, 6.07) is 5.20. The van der Waals surface area contributed by atoms with E-state index in [1.165, 1.54) is 25.7 Å². The predicted octanol–water partition coefficient (Wildman–Crippen LogP) is 3.82. The van der Waals surface area contributed by atoms with Gasteiger partial charge in [0.05, 0.1) is 4.90 Å². The number of fused-ring (bicyclic) bond motifs is 1. The number of rotatable bonds is 3. The Labute approximate surface area is 169 Å². The van der Waals surface area contributed by atoms with E-state index in [1.807, 2.05) is 11.8 Å². The molecule has 28 heavy (non-hydrogen) atoms. The number of likely N-dealkylation sites (tertiary alicyclic amines) is 1. The van der Waals surface area contributed by atoms with E-state index in [4.69, 9.17) is 0 Å². The molecular formula is C22H32N2O3S. The van der Waals surface area contributed by atoms with Crippen LogP contribution in [-0.2, 0) is 10.0 Å². The van der Waals surface area contributed by atoms with E-state index in [1.54, 1.807) is 22.5 Å². The smallest absolute Gasteiger partial charge is 0.253 e. The molecule has 2 saturated heterocycles. The Bertz CT molecular complexity index is 830. The molecule has 1 aliphatic carbocycles. The maximum atomic E-state index is 13.2. The minimum Gasteiger partial charge on any atom is -0.338 e. The molecule has 4 rings (SSSR count). The summed E-state index contributed by atoms with van der Waals surface area (Å²) < 4.78 is 27.9. The first-order valence-electron chi connectivity index (χ1n) is 10.9. The van der Waals surface area contributed by atoms with E-state index in [0.717, 1.165) is 44.7 Å². The van der Waals surface area contributed by atoms with E-state index in [9.17, 15) is 13.2 Å². The summed E-state index contributed by atoms with van der Waals surface area (Å²) in [7, 11) is -3.54. The summed E-state index contributed by atoms with van der Waals surface area (Å²) in [5.74, 6) is 1.37. The number of nitrogens with zero attached hydrogens (tertiary/aromatic N) is 2. The highest BCUT2D eigenvalue weighted by Gasteiger charge is 2.34. The molecule has 1 amide bonds. The first-order valence-corrected chi connectivity index (χ1v) is 12.3. The summed E-state index contributed by atoms with van der Waals surface area (Å²) in [4.78, 5) is 15.4. The van der Waals surface area contributed by atoms with E-state index < -0.39 is 10.0 Å². The first-order chi connectivity index (χ1) is 13.5. The number of carbonyl (C=O) groups excluding carboxylic acids is 1. The van der Waals surface area contributed by atoms with Gasteiger partial charge in [0, 0.05) is 31.7 Å². The lowest BCUT2D eigenvalue weighted by molar-refractivity contribution is 0.0520. The van der Waals surface area contributed by atoms with Gasteiger partial charge in [0.15, 0.2) is 0 Å². The molecule has 3 aliphatic rings. The fourth-order valence-corrected chi connectivity index (χ4v) is 6.99. The Morgan fingerprint density at radius 3 is 2.39 bits per heavy atom. The molecule has 154 valence electrons. The lowest BCUT2D eigenvalue weighted by Gasteiger charge is -2.41. The summed E-state index contributed by atoms with van der Waals surface area (Å²) >= 11 is 0. The van der Waals surface area contributed by atoms with Crippen LogP contribution in [0, 0.1) is 18.8 Å². The van der Waals surface area contributed by atoms with E-state index in [0.29, 0.717) is 35.0 Å². The maximum Gasteiger partial charge on any atom is 0.253 e. The zero-order valence-corrected chi connectivity index (χ0v) is 17.7. The van der Waals surface area contributed by atoms with Gasteiger partial charge in [-0.1, -0.05) is 31.7 Å². The maximum absolute atomic E-state index is 13.2. The lowest BCUT2D eigenvalue weighted by Crippen LogP contribution is -2.44. The summed E-state index contributed by atoms with van der Waals surface area (Å²) in [6.07, 6.45) is 9.10. The molecule has 0 aromatic heterocycles. The lowest BCUT2D eigenvalue weighted by atomic mass is 9.75. The quantitative estimate of drug-likeness (QED) is 0.769. The number of aryl methyl sites for hydroxylation is 1. The Morgan fingerprint density at radius 1 is 0.929 bits per heavy atom. The fourth-order valence-electron chi connectivity index (χ4n) is 5.22. The highest BCUT2D eigenvalue weighted by molar-refractivity contribution is 7.89. The standard InChI is InChI=1S/C22H32N2O3S/c1-17-9-10-19(15-21(17)28(26,27)24-12-5-2-6-13-24)22(25)23-14-11-18-7-3-4-8-20(18)16-23/h9-10,15,18,20H,2-8,11-14,16H2,1H3/t18-,20+/m0/s1. The number of hydrogen-bond acceptors (Lipinski definition) is 3. The van der Waals surface area contributed by atoms with Crippen LogP contribution < -0.4 is 0 Å². The molecule has 1 aromatic carbocycles. The van der Waals surface area contributed by atoms with Crippen LogP contribution in [-0.4, -0.2) is 49.7 Å². The molecule has 1 saturated carbocycles. The van der Waals surface area contributed by atoms with E-state index in [-0.39, 0.29) is 5.91 Å². The molecule has 0 bridgehead atoms. The van der Waals surface area contributed by atoms with Crippen molar-refractivity contribution in [2.24, 2.45) is 11.8 Å². The third-order valence-electron chi connectivity index (χ3n) is 6.95. The Morgan fingerprint density at radius 2 is 1.64 bits per heavy atom. The normalized spacial score (nSPS) is 26.7. The minimum atomic E-state index is -3.54. The number of amides is 1. The highest BCUT2D eigenvalue weighted by Crippen LogP contribution is 2.36. The number of carbonyl (C=O) groups is 1. The molecule has 6 heteroatoms. The van der Waals surface area contributed by atoms with Gasteiger partial charge >= 0.3 is 0 Å². The van der Waals surface area contributed by atoms with Crippen LogP contribution in [0.4, 0.5) is 0 Å². The van der Waals surface area contributed by atoms with Crippen molar-refractivity contribution in [3.05, 3.63) is 29.3 Å². The van der Waals surface area contributed by atoms with Gasteiger partial charge in [-0.15, -0.1) is 0 Å². The number of benzene rings is 1. The van der Waals surface area contributed by atoms with Gasteiger partial charge in [0.25, 0.3) is 5.91 Å². The van der Waals surface area contributed by atoms with Crippen LogP contribution in [0.1, 0.15) is 67.3 Å². The van der Waals surface area contributed by atoms with Crippen LogP contribution in [0.2, 0.25) is 0 Å². The first kappa shape index (κ1) is 19.9. The Kier molecular flexibility index (Phi) is 5.79. The molecule has 2 heterocycles. The molecule has 1 aromatic rings. The Hall–Kier alpha value is -1.40. The van der Waals surface area contributed by atoms with Gasteiger partial charge in [-0.3, -0.25) is 4.79 Å². The topological polar surface area (TPSA) is 57.7 Å². The zero-order chi connectivity index (χ0) is 19.7. The highest BCUT2D eigenvalue weighted by atomic mass is 32.2. The number of piperidine rings is 2. The fraction of sp³-hybridized carbons (Fsp3) is 0.682. The van der Waals surface area contributed by atoms with Crippen molar-refractivity contribution in [1.82, 2.24) is 9.21 Å². The number of hydrogen-bond donors (Lipinski definition) is 0. The molecule has 3 fully saturated rings. The Balaban J connectivity index is 1.55. The van der Waals surface area contributed by atoms with E-state index in [2.05, 4.69) is 0 Å². The van der Waals surface area contributed by atoms with Crippen LogP contribution in [0.5, 0.6) is 0 Å². The second-order valence-corrected chi connectivity index (χ2v) is 10.7. The SMILES string of the molecule is Cc1ccc(C(=O)N2CC[C@@H]3CCCC[C@@H]3C2)cc1S(=O)(=O)N1CCCCC1. The van der Waals surface area contributed by atoms with Crippen molar-refractivity contribution in [3.63, 3.8) is 0 Å². The van der Waals surface area contributed by atoms with Crippen LogP contribution in [0.3, 0.4) is 0 Å². The second-order valence-electron chi connectivity index (χ2n) is 8.79. The molecule has 0 N–H and O–H groups in total. The van der Waals surface area contributed by atoms with Gasteiger partial charge < -0.3 is 4.90 Å². The minimum absolute atomic E-state index is 0.0147. The third-order valence-corrected chi connectivity index (χ3v) is 8.99. The van der Waals surface area contributed by atoms with Crippen LogP contribution in [0.25, 0.3) is 0 Å². The predicted molar refractivity (Wildman–Crippen MR) is 110 cm³/mol. The van der Waals surface area contributed by atoms with Crippen molar-refractivity contribution in [3.8, 4) is 0 Å². The summed E-state index contributed by atoms with van der Waals surface area (Å²) in [5, 5.41) is 0. The van der Waals surface area contributed by atoms with Crippen LogP contribution in [0.15, 0.2) is 23.1 Å². The van der Waals surface area contributed by atoms with Crippen LogP contribution >= 0.6 is 0 Å². The molecule has 2 atom stereocenters. The molecule has 0 radical (unpaired) electrons. The molecule has 0 spiro atoms. The van der Waals surface area contributed by atoms with Gasteiger partial charge in [0.2, 0.25) is 10.0 Å². The molecule has 5 nitrogen and oxygen atoms in total. The zero-order valence-electron chi connectivity index (χ0n) is 16.9. The second kappa shape index (κ2) is 8.15. The summed E-state index contributed by atoms with van der Waals surface area (Å²) in [5.41, 5.74) is 1.23.